The third-order valence-electron chi connectivity index (χ3n) is 3.78. The standard InChI is InChI=1S/C19H17ClN2O3S/c1-11-6-8-13(9-7-11)25-10-15(23)21-22-19(24)18-17(20)16-12(2)4-3-5-14(16)26-18/h3-9H,10H2,1-2H3,(H,21,23)(H,22,24). The molecule has 0 aliphatic rings. The minimum absolute atomic E-state index is 0.206. The monoisotopic (exact) mass is 388 g/mol. The Balaban J connectivity index is 1.58. The second kappa shape index (κ2) is 7.76. The molecule has 0 unspecified atom stereocenters. The van der Waals surface area contributed by atoms with E-state index in [1.54, 1.807) is 12.1 Å². The second-order valence-corrected chi connectivity index (χ2v) is 7.23. The van der Waals surface area contributed by atoms with Crippen LogP contribution in [0, 0.1) is 13.8 Å². The summed E-state index contributed by atoms with van der Waals surface area (Å²) in [5, 5.41) is 1.25. The van der Waals surface area contributed by atoms with Gasteiger partial charge in [0.1, 0.15) is 10.6 Å². The Hall–Kier alpha value is -2.57. The van der Waals surface area contributed by atoms with Crippen LogP contribution in [0.25, 0.3) is 10.1 Å². The molecule has 2 N–H and O–H groups in total. The molecule has 0 aliphatic heterocycles. The Morgan fingerprint density at radius 1 is 1.08 bits per heavy atom. The van der Waals surface area contributed by atoms with E-state index in [9.17, 15) is 9.59 Å². The van der Waals surface area contributed by atoms with Crippen molar-refractivity contribution in [1.29, 1.82) is 0 Å². The van der Waals surface area contributed by atoms with Gasteiger partial charge in [0.2, 0.25) is 0 Å². The average molecular weight is 389 g/mol. The first kappa shape index (κ1) is 18.2. The maximum Gasteiger partial charge on any atom is 0.281 e. The third kappa shape index (κ3) is 3.98. The van der Waals surface area contributed by atoms with Crippen molar-refractivity contribution < 1.29 is 14.3 Å². The second-order valence-electron chi connectivity index (χ2n) is 5.80. The van der Waals surface area contributed by atoms with Crippen LogP contribution in [0.4, 0.5) is 0 Å². The highest BCUT2D eigenvalue weighted by atomic mass is 35.5. The van der Waals surface area contributed by atoms with E-state index < -0.39 is 11.8 Å². The number of hydrazine groups is 1. The number of rotatable bonds is 4. The fraction of sp³-hybridized carbons (Fsp3) is 0.158. The van der Waals surface area contributed by atoms with E-state index >= 15 is 0 Å². The summed E-state index contributed by atoms with van der Waals surface area (Å²) in [4.78, 5) is 24.5. The molecule has 0 atom stereocenters. The molecule has 26 heavy (non-hydrogen) atoms. The number of benzene rings is 2. The van der Waals surface area contributed by atoms with Crippen molar-refractivity contribution in [3.8, 4) is 5.75 Å². The van der Waals surface area contributed by atoms with Gasteiger partial charge in [-0.05, 0) is 37.6 Å². The summed E-state index contributed by atoms with van der Waals surface area (Å²) in [5.41, 5.74) is 6.81. The maximum absolute atomic E-state index is 12.3. The Labute approximate surface area is 159 Å². The quantitative estimate of drug-likeness (QED) is 0.663. The molecule has 0 saturated heterocycles. The van der Waals surface area contributed by atoms with E-state index in [1.807, 2.05) is 44.2 Å². The molecule has 0 radical (unpaired) electrons. The van der Waals surface area contributed by atoms with Crippen molar-refractivity contribution in [3.63, 3.8) is 0 Å². The predicted octanol–water partition coefficient (Wildman–Crippen LogP) is 4.01. The number of hydrogen-bond donors (Lipinski definition) is 2. The van der Waals surface area contributed by atoms with Crippen LogP contribution in [0.2, 0.25) is 5.02 Å². The number of carbonyl (C=O) groups excluding carboxylic acids is 2. The lowest BCUT2D eigenvalue weighted by Gasteiger charge is -2.08. The molecule has 1 heterocycles. The Morgan fingerprint density at radius 3 is 2.50 bits per heavy atom. The number of carbonyl (C=O) groups is 2. The third-order valence-corrected chi connectivity index (χ3v) is 5.42. The zero-order valence-electron chi connectivity index (χ0n) is 14.3. The molecule has 7 heteroatoms. The highest BCUT2D eigenvalue weighted by Crippen LogP contribution is 2.37. The van der Waals surface area contributed by atoms with Crippen LogP contribution in [-0.4, -0.2) is 18.4 Å². The average Bonchev–Trinajstić information content (AvgIpc) is 2.97. The Bertz CT molecular complexity index is 967. The van der Waals surface area contributed by atoms with Crippen molar-refractivity contribution in [2.75, 3.05) is 6.61 Å². The molecule has 0 saturated carbocycles. The minimum atomic E-state index is -0.465. The molecule has 5 nitrogen and oxygen atoms in total. The van der Waals surface area contributed by atoms with Gasteiger partial charge >= 0.3 is 0 Å². The van der Waals surface area contributed by atoms with Gasteiger partial charge in [0, 0.05) is 10.1 Å². The first-order valence-electron chi connectivity index (χ1n) is 7.92. The Kier molecular flexibility index (Phi) is 5.44. The number of halogens is 1. The number of fused-ring (bicyclic) bond motifs is 1. The summed E-state index contributed by atoms with van der Waals surface area (Å²) >= 11 is 7.62. The van der Waals surface area contributed by atoms with E-state index in [0.29, 0.717) is 15.6 Å². The molecular formula is C19H17ClN2O3S. The summed E-state index contributed by atoms with van der Waals surface area (Å²) in [7, 11) is 0. The lowest BCUT2D eigenvalue weighted by atomic mass is 10.1. The van der Waals surface area contributed by atoms with Gasteiger partial charge in [-0.3, -0.25) is 20.4 Å². The smallest absolute Gasteiger partial charge is 0.281 e. The lowest BCUT2D eigenvalue weighted by Crippen LogP contribution is -2.43. The summed E-state index contributed by atoms with van der Waals surface area (Å²) in [6.45, 7) is 3.70. The molecule has 0 spiro atoms. The maximum atomic E-state index is 12.3. The summed E-state index contributed by atoms with van der Waals surface area (Å²) in [6, 6.07) is 13.1. The molecule has 2 amide bonds. The highest BCUT2D eigenvalue weighted by Gasteiger charge is 2.18. The minimum Gasteiger partial charge on any atom is -0.484 e. The molecule has 2 aromatic carbocycles. The topological polar surface area (TPSA) is 67.4 Å². The molecule has 134 valence electrons. The number of nitrogens with one attached hydrogen (secondary N) is 2. The number of hydrogen-bond acceptors (Lipinski definition) is 4. The molecule has 1 aromatic heterocycles. The van der Waals surface area contributed by atoms with Gasteiger partial charge in [-0.15, -0.1) is 11.3 Å². The molecule has 0 aliphatic carbocycles. The number of ether oxygens (including phenoxy) is 1. The molecule has 0 fully saturated rings. The van der Waals surface area contributed by atoms with Gasteiger partial charge in [-0.2, -0.15) is 0 Å². The van der Waals surface area contributed by atoms with Crippen LogP contribution in [-0.2, 0) is 4.79 Å². The van der Waals surface area contributed by atoms with Crippen molar-refractivity contribution >= 4 is 44.8 Å². The molecule has 3 aromatic rings. The summed E-state index contributed by atoms with van der Waals surface area (Å²) in [5.74, 6) is -0.341. The first-order chi connectivity index (χ1) is 12.5. The van der Waals surface area contributed by atoms with Crippen LogP contribution in [0.15, 0.2) is 42.5 Å². The van der Waals surface area contributed by atoms with E-state index in [1.165, 1.54) is 11.3 Å². The van der Waals surface area contributed by atoms with Gasteiger partial charge < -0.3 is 4.74 Å². The normalized spacial score (nSPS) is 10.6. The molecular weight excluding hydrogens is 372 g/mol. The summed E-state index contributed by atoms with van der Waals surface area (Å²) < 4.78 is 6.29. The fourth-order valence-corrected chi connectivity index (χ4v) is 4.00. The lowest BCUT2D eigenvalue weighted by molar-refractivity contribution is -0.123. The van der Waals surface area contributed by atoms with Gasteiger partial charge in [0.15, 0.2) is 6.61 Å². The van der Waals surface area contributed by atoms with Crippen molar-refractivity contribution in [2.24, 2.45) is 0 Å². The summed E-state index contributed by atoms with van der Waals surface area (Å²) in [6.07, 6.45) is 0. The van der Waals surface area contributed by atoms with Crippen LogP contribution < -0.4 is 15.6 Å². The van der Waals surface area contributed by atoms with Crippen molar-refractivity contribution in [1.82, 2.24) is 10.9 Å². The van der Waals surface area contributed by atoms with Crippen LogP contribution in [0.3, 0.4) is 0 Å². The van der Waals surface area contributed by atoms with E-state index in [4.69, 9.17) is 16.3 Å². The number of aryl methyl sites for hydroxylation is 2. The molecule has 0 bridgehead atoms. The van der Waals surface area contributed by atoms with E-state index in [0.717, 1.165) is 21.2 Å². The van der Waals surface area contributed by atoms with Crippen molar-refractivity contribution in [2.45, 2.75) is 13.8 Å². The zero-order valence-corrected chi connectivity index (χ0v) is 15.8. The number of thiophene rings is 1. The van der Waals surface area contributed by atoms with Crippen molar-refractivity contribution in [3.05, 3.63) is 63.5 Å². The first-order valence-corrected chi connectivity index (χ1v) is 9.11. The van der Waals surface area contributed by atoms with E-state index in [2.05, 4.69) is 10.9 Å². The fourth-order valence-electron chi connectivity index (χ4n) is 2.42. The SMILES string of the molecule is Cc1ccc(OCC(=O)NNC(=O)c2sc3cccc(C)c3c2Cl)cc1. The number of amides is 2. The largest absolute Gasteiger partial charge is 0.484 e. The van der Waals surface area contributed by atoms with Crippen LogP contribution in [0.5, 0.6) is 5.75 Å². The predicted molar refractivity (Wildman–Crippen MR) is 104 cm³/mol. The Morgan fingerprint density at radius 2 is 1.81 bits per heavy atom. The zero-order chi connectivity index (χ0) is 18.7. The molecule has 3 rings (SSSR count). The van der Waals surface area contributed by atoms with E-state index in [-0.39, 0.29) is 6.61 Å². The van der Waals surface area contributed by atoms with Crippen LogP contribution >= 0.6 is 22.9 Å². The van der Waals surface area contributed by atoms with Gasteiger partial charge in [0.05, 0.1) is 5.02 Å². The van der Waals surface area contributed by atoms with Crippen LogP contribution in [0.1, 0.15) is 20.8 Å². The highest BCUT2D eigenvalue weighted by molar-refractivity contribution is 7.21. The van der Waals surface area contributed by atoms with Gasteiger partial charge in [-0.1, -0.05) is 41.4 Å². The van der Waals surface area contributed by atoms with Gasteiger partial charge in [0.25, 0.3) is 11.8 Å². The van der Waals surface area contributed by atoms with Gasteiger partial charge in [-0.25, -0.2) is 0 Å².